The summed E-state index contributed by atoms with van der Waals surface area (Å²) >= 11 is 0. The van der Waals surface area contributed by atoms with E-state index in [1.807, 2.05) is 0 Å². The fourth-order valence-corrected chi connectivity index (χ4v) is 2.45. The second-order valence-corrected chi connectivity index (χ2v) is 5.78. The van der Waals surface area contributed by atoms with E-state index in [9.17, 15) is 4.79 Å². The minimum Gasteiger partial charge on any atom is -0.356 e. The quantitative estimate of drug-likeness (QED) is 0.681. The zero-order valence-electron chi connectivity index (χ0n) is 13.0. The van der Waals surface area contributed by atoms with Gasteiger partial charge in [-0.3, -0.25) is 9.69 Å². The smallest absolute Gasteiger partial charge is 0.221 e. The maximum atomic E-state index is 11.7. The van der Waals surface area contributed by atoms with Gasteiger partial charge in [-0.15, -0.1) is 0 Å². The van der Waals surface area contributed by atoms with Crippen molar-refractivity contribution in [3.8, 4) is 0 Å². The molecule has 1 heterocycles. The van der Waals surface area contributed by atoms with Gasteiger partial charge < -0.3 is 10.2 Å². The Morgan fingerprint density at radius 2 is 1.84 bits per heavy atom. The average molecular weight is 269 g/mol. The van der Waals surface area contributed by atoms with Crippen LogP contribution in [0.2, 0.25) is 0 Å². The Labute approximate surface area is 118 Å². The van der Waals surface area contributed by atoms with Crippen LogP contribution in [0, 0.1) is 0 Å². The number of hydrogen-bond donors (Lipinski definition) is 1. The molecule has 0 radical (unpaired) electrons. The maximum absolute atomic E-state index is 11.7. The summed E-state index contributed by atoms with van der Waals surface area (Å²) in [5.41, 5.74) is 0. The zero-order valence-corrected chi connectivity index (χ0v) is 13.0. The van der Waals surface area contributed by atoms with E-state index in [1.165, 1.54) is 12.8 Å². The second kappa shape index (κ2) is 9.32. The number of rotatable bonds is 8. The molecule has 4 nitrogen and oxygen atoms in total. The second-order valence-electron chi connectivity index (χ2n) is 5.78. The number of hydrogen-bond acceptors (Lipinski definition) is 3. The summed E-state index contributed by atoms with van der Waals surface area (Å²) in [4.78, 5) is 16.6. The molecule has 0 unspecified atom stereocenters. The van der Waals surface area contributed by atoms with Crippen LogP contribution in [0.4, 0.5) is 0 Å². The van der Waals surface area contributed by atoms with Crippen molar-refractivity contribution < 1.29 is 4.79 Å². The van der Waals surface area contributed by atoms with Crippen molar-refractivity contribution in [3.63, 3.8) is 0 Å². The summed E-state index contributed by atoms with van der Waals surface area (Å²) in [6.07, 6.45) is 4.16. The fraction of sp³-hybridized carbons (Fsp3) is 0.933. The highest BCUT2D eigenvalue weighted by Crippen LogP contribution is 2.06. The first-order valence-electron chi connectivity index (χ1n) is 7.86. The number of carbonyl (C=O) groups is 1. The van der Waals surface area contributed by atoms with Crippen LogP contribution in [-0.4, -0.2) is 61.0 Å². The molecule has 4 heteroatoms. The van der Waals surface area contributed by atoms with Gasteiger partial charge in [0.1, 0.15) is 0 Å². The van der Waals surface area contributed by atoms with E-state index < -0.39 is 0 Å². The Bertz CT molecular complexity index is 248. The lowest BCUT2D eigenvalue weighted by molar-refractivity contribution is -0.121. The molecule has 0 aromatic rings. The van der Waals surface area contributed by atoms with Gasteiger partial charge in [0.2, 0.25) is 5.91 Å². The van der Waals surface area contributed by atoms with Crippen LogP contribution >= 0.6 is 0 Å². The molecule has 0 aliphatic carbocycles. The fourth-order valence-electron chi connectivity index (χ4n) is 2.45. The number of nitrogens with zero attached hydrogens (tertiary/aromatic N) is 2. The third kappa shape index (κ3) is 6.92. The van der Waals surface area contributed by atoms with Gasteiger partial charge in [-0.25, -0.2) is 0 Å². The molecule has 0 atom stereocenters. The lowest BCUT2D eigenvalue weighted by Gasteiger charge is -2.36. The van der Waals surface area contributed by atoms with E-state index in [1.54, 1.807) is 0 Å². The van der Waals surface area contributed by atoms with Crippen LogP contribution in [0.1, 0.15) is 46.5 Å². The zero-order chi connectivity index (χ0) is 14.1. The minimum atomic E-state index is 0.211. The molecule has 0 aromatic heterocycles. The van der Waals surface area contributed by atoms with Crippen molar-refractivity contribution in [1.82, 2.24) is 15.1 Å². The molecule has 1 saturated heterocycles. The largest absolute Gasteiger partial charge is 0.356 e. The van der Waals surface area contributed by atoms with Gasteiger partial charge in [0.15, 0.2) is 0 Å². The normalized spacial score (nSPS) is 17.9. The third-order valence-electron chi connectivity index (χ3n) is 3.89. The molecule has 1 aliphatic rings. The third-order valence-corrected chi connectivity index (χ3v) is 3.89. The predicted octanol–water partition coefficient (Wildman–Crippen LogP) is 1.71. The number of carbonyl (C=O) groups excluding carboxylic acids is 1. The number of unbranched alkanes of at least 4 members (excludes halogenated alkanes) is 2. The van der Waals surface area contributed by atoms with Gasteiger partial charge in [-0.1, -0.05) is 19.8 Å². The summed E-state index contributed by atoms with van der Waals surface area (Å²) < 4.78 is 0. The Morgan fingerprint density at radius 1 is 1.16 bits per heavy atom. The SMILES string of the molecule is CCCCCNC(=O)CCN1CCN(C(C)C)CC1. The summed E-state index contributed by atoms with van der Waals surface area (Å²) in [7, 11) is 0. The molecule has 0 aromatic carbocycles. The Kier molecular flexibility index (Phi) is 8.07. The highest BCUT2D eigenvalue weighted by atomic mass is 16.1. The van der Waals surface area contributed by atoms with Crippen LogP contribution in [0.3, 0.4) is 0 Å². The molecular formula is C15H31N3O. The summed E-state index contributed by atoms with van der Waals surface area (Å²) in [6.45, 7) is 12.9. The van der Waals surface area contributed by atoms with Crippen molar-refractivity contribution in [2.75, 3.05) is 39.3 Å². The molecule has 1 N–H and O–H groups in total. The van der Waals surface area contributed by atoms with E-state index in [2.05, 4.69) is 35.9 Å². The molecule has 0 spiro atoms. The molecular weight excluding hydrogens is 238 g/mol. The standard InChI is InChI=1S/C15H31N3O/c1-4-5-6-8-16-15(19)7-9-17-10-12-18(13-11-17)14(2)3/h14H,4-13H2,1-3H3,(H,16,19). The van der Waals surface area contributed by atoms with Crippen LogP contribution in [0.5, 0.6) is 0 Å². The molecule has 19 heavy (non-hydrogen) atoms. The van der Waals surface area contributed by atoms with E-state index in [-0.39, 0.29) is 5.91 Å². The van der Waals surface area contributed by atoms with Gasteiger partial charge in [-0.05, 0) is 20.3 Å². The topological polar surface area (TPSA) is 35.6 Å². The van der Waals surface area contributed by atoms with Gasteiger partial charge in [-0.2, -0.15) is 0 Å². The van der Waals surface area contributed by atoms with Crippen LogP contribution in [-0.2, 0) is 4.79 Å². The van der Waals surface area contributed by atoms with Gasteiger partial charge in [0, 0.05) is 51.7 Å². The first-order valence-corrected chi connectivity index (χ1v) is 7.86. The van der Waals surface area contributed by atoms with Gasteiger partial charge in [0.05, 0.1) is 0 Å². The minimum absolute atomic E-state index is 0.211. The molecule has 1 rings (SSSR count). The van der Waals surface area contributed by atoms with Crippen molar-refractivity contribution in [2.24, 2.45) is 0 Å². The molecule has 0 saturated carbocycles. The van der Waals surface area contributed by atoms with Crippen molar-refractivity contribution in [1.29, 1.82) is 0 Å². The molecule has 1 fully saturated rings. The lowest BCUT2D eigenvalue weighted by atomic mass is 10.2. The number of piperazine rings is 1. The number of amides is 1. The number of nitrogens with one attached hydrogen (secondary N) is 1. The van der Waals surface area contributed by atoms with Gasteiger partial charge >= 0.3 is 0 Å². The predicted molar refractivity (Wildman–Crippen MR) is 80.3 cm³/mol. The van der Waals surface area contributed by atoms with E-state index >= 15 is 0 Å². The Hall–Kier alpha value is -0.610. The first kappa shape index (κ1) is 16.4. The van der Waals surface area contributed by atoms with E-state index in [0.717, 1.165) is 45.7 Å². The molecule has 1 aliphatic heterocycles. The van der Waals surface area contributed by atoms with Crippen LogP contribution in [0.15, 0.2) is 0 Å². The Balaban J connectivity index is 2.05. The highest BCUT2D eigenvalue weighted by molar-refractivity contribution is 5.75. The van der Waals surface area contributed by atoms with Crippen molar-refractivity contribution in [2.45, 2.75) is 52.5 Å². The molecule has 0 bridgehead atoms. The Morgan fingerprint density at radius 3 is 2.42 bits per heavy atom. The highest BCUT2D eigenvalue weighted by Gasteiger charge is 2.18. The van der Waals surface area contributed by atoms with Gasteiger partial charge in [0.25, 0.3) is 0 Å². The van der Waals surface area contributed by atoms with E-state index in [4.69, 9.17) is 0 Å². The van der Waals surface area contributed by atoms with Crippen molar-refractivity contribution in [3.05, 3.63) is 0 Å². The molecule has 1 amide bonds. The average Bonchev–Trinajstić information content (AvgIpc) is 2.42. The van der Waals surface area contributed by atoms with E-state index in [0.29, 0.717) is 12.5 Å². The lowest BCUT2D eigenvalue weighted by Crippen LogP contribution is -2.49. The summed E-state index contributed by atoms with van der Waals surface area (Å²) in [5.74, 6) is 0.211. The van der Waals surface area contributed by atoms with Crippen molar-refractivity contribution >= 4 is 5.91 Å². The summed E-state index contributed by atoms with van der Waals surface area (Å²) in [6, 6.07) is 0.643. The first-order chi connectivity index (χ1) is 9.13. The van der Waals surface area contributed by atoms with Crippen LogP contribution < -0.4 is 5.32 Å². The molecule has 112 valence electrons. The van der Waals surface area contributed by atoms with Crippen LogP contribution in [0.25, 0.3) is 0 Å². The summed E-state index contributed by atoms with van der Waals surface area (Å²) in [5, 5.41) is 3.01. The maximum Gasteiger partial charge on any atom is 0.221 e. The monoisotopic (exact) mass is 269 g/mol.